The van der Waals surface area contributed by atoms with E-state index in [9.17, 15) is 13.0 Å². The first kappa shape index (κ1) is 25.0. The van der Waals surface area contributed by atoms with Crippen LogP contribution >= 0.6 is 0 Å². The van der Waals surface area contributed by atoms with Crippen molar-refractivity contribution in [3.8, 4) is 5.75 Å². The summed E-state index contributed by atoms with van der Waals surface area (Å²) in [7, 11) is -4.22. The largest absolute Gasteiger partial charge is 0.472 e. The van der Waals surface area contributed by atoms with E-state index in [1.165, 1.54) is 63.4 Å². The molecule has 1 atom stereocenters. The molecule has 0 aliphatic heterocycles. The lowest BCUT2D eigenvalue weighted by Crippen LogP contribution is -2.26. The average Bonchev–Trinajstić information content (AvgIpc) is 2.66. The highest BCUT2D eigenvalue weighted by Gasteiger charge is 2.23. The number of aryl methyl sites for hydroxylation is 2. The van der Waals surface area contributed by atoms with Crippen LogP contribution in [0.15, 0.2) is 18.2 Å². The maximum atomic E-state index is 11.5. The predicted molar refractivity (Wildman–Crippen MR) is 118 cm³/mol. The number of hydrogen-bond acceptors (Lipinski definition) is 3. The standard InChI is InChI=1S/C23H40O4S/c1-4-7-9-11-13-15-20-17-18-22(27-23(6-3)28(24,25)26)21(19-20)16-14-12-10-8-5-2/h17-19,23H,4-16H2,1-3H3,(H,24,25,26). The Hall–Kier alpha value is -1.07. The van der Waals surface area contributed by atoms with Crippen LogP contribution in [0, 0.1) is 0 Å². The predicted octanol–water partition coefficient (Wildman–Crippen LogP) is 6.72. The van der Waals surface area contributed by atoms with Crippen molar-refractivity contribution in [2.45, 2.75) is 110 Å². The number of hydrogen-bond donors (Lipinski definition) is 1. The van der Waals surface area contributed by atoms with Gasteiger partial charge in [-0.2, -0.15) is 8.42 Å². The quantitative estimate of drug-likeness (QED) is 0.242. The number of benzene rings is 1. The number of unbranched alkanes of at least 4 members (excludes halogenated alkanes) is 8. The molecule has 0 amide bonds. The molecule has 5 heteroatoms. The summed E-state index contributed by atoms with van der Waals surface area (Å²) in [5.41, 5.74) is 1.14. The van der Waals surface area contributed by atoms with Gasteiger partial charge in [0.2, 0.25) is 5.44 Å². The molecule has 1 unspecified atom stereocenters. The molecule has 162 valence electrons. The first-order valence-electron chi connectivity index (χ1n) is 11.2. The SMILES string of the molecule is CCCCCCCc1ccc(OC(CC)S(=O)(=O)O)c(CCCCCCC)c1. The molecule has 4 nitrogen and oxygen atoms in total. The molecule has 1 rings (SSSR count). The van der Waals surface area contributed by atoms with Crippen molar-refractivity contribution < 1.29 is 17.7 Å². The lowest BCUT2D eigenvalue weighted by atomic mass is 9.99. The van der Waals surface area contributed by atoms with Gasteiger partial charge in [0.15, 0.2) is 0 Å². The van der Waals surface area contributed by atoms with Crippen molar-refractivity contribution in [1.82, 2.24) is 0 Å². The van der Waals surface area contributed by atoms with Crippen LogP contribution in [-0.4, -0.2) is 18.4 Å². The van der Waals surface area contributed by atoms with Gasteiger partial charge in [0.05, 0.1) is 0 Å². The highest BCUT2D eigenvalue weighted by Crippen LogP contribution is 2.26. The smallest absolute Gasteiger partial charge is 0.303 e. The van der Waals surface area contributed by atoms with Gasteiger partial charge in [-0.15, -0.1) is 0 Å². The van der Waals surface area contributed by atoms with E-state index in [0.717, 1.165) is 24.8 Å². The zero-order valence-corrected chi connectivity index (χ0v) is 18.9. The van der Waals surface area contributed by atoms with Crippen LogP contribution in [0.3, 0.4) is 0 Å². The average molecular weight is 413 g/mol. The zero-order valence-electron chi connectivity index (χ0n) is 18.1. The van der Waals surface area contributed by atoms with Crippen LogP contribution in [0.4, 0.5) is 0 Å². The molecule has 0 radical (unpaired) electrons. The van der Waals surface area contributed by atoms with E-state index >= 15 is 0 Å². The zero-order chi connectivity index (χ0) is 20.8. The molecule has 0 spiro atoms. The van der Waals surface area contributed by atoms with E-state index in [1.54, 1.807) is 6.92 Å². The van der Waals surface area contributed by atoms with Gasteiger partial charge in [-0.1, -0.05) is 84.3 Å². The summed E-state index contributed by atoms with van der Waals surface area (Å²) in [6.07, 6.45) is 14.3. The molecule has 0 aromatic heterocycles. The molecule has 1 aromatic rings. The Labute approximate surface area is 172 Å². The Morgan fingerprint density at radius 3 is 1.96 bits per heavy atom. The van der Waals surface area contributed by atoms with Crippen LogP contribution in [-0.2, 0) is 23.0 Å². The third-order valence-corrected chi connectivity index (χ3v) is 6.26. The minimum absolute atomic E-state index is 0.216. The van der Waals surface area contributed by atoms with Gasteiger partial charge < -0.3 is 4.74 Å². The molecule has 0 saturated heterocycles. The van der Waals surface area contributed by atoms with Gasteiger partial charge in [0.1, 0.15) is 5.75 Å². The lowest BCUT2D eigenvalue weighted by Gasteiger charge is -2.18. The van der Waals surface area contributed by atoms with Crippen LogP contribution in [0.2, 0.25) is 0 Å². The van der Waals surface area contributed by atoms with Crippen LogP contribution in [0.5, 0.6) is 5.75 Å². The van der Waals surface area contributed by atoms with E-state index in [2.05, 4.69) is 19.9 Å². The fourth-order valence-electron chi connectivity index (χ4n) is 3.45. The molecule has 0 aliphatic carbocycles. The fourth-order valence-corrected chi connectivity index (χ4v) is 4.09. The Kier molecular flexibility index (Phi) is 12.5. The van der Waals surface area contributed by atoms with Gasteiger partial charge in [-0.25, -0.2) is 0 Å². The fraction of sp³-hybridized carbons (Fsp3) is 0.739. The van der Waals surface area contributed by atoms with E-state index < -0.39 is 15.6 Å². The number of rotatable bonds is 16. The summed E-state index contributed by atoms with van der Waals surface area (Å²) in [4.78, 5) is 0. The van der Waals surface area contributed by atoms with Crippen molar-refractivity contribution in [3.63, 3.8) is 0 Å². The summed E-state index contributed by atoms with van der Waals surface area (Å²) in [5, 5.41) is 0. The second kappa shape index (κ2) is 14.0. The van der Waals surface area contributed by atoms with E-state index in [4.69, 9.17) is 4.74 Å². The second-order valence-electron chi connectivity index (χ2n) is 7.74. The molecule has 0 bridgehead atoms. The molecular weight excluding hydrogens is 372 g/mol. The molecule has 28 heavy (non-hydrogen) atoms. The Morgan fingerprint density at radius 2 is 1.43 bits per heavy atom. The summed E-state index contributed by atoms with van der Waals surface area (Å²) >= 11 is 0. The van der Waals surface area contributed by atoms with Gasteiger partial charge in [-0.05, 0) is 49.3 Å². The summed E-state index contributed by atoms with van der Waals surface area (Å²) in [6, 6.07) is 6.09. The van der Waals surface area contributed by atoms with Crippen molar-refractivity contribution in [2.75, 3.05) is 0 Å². The molecule has 0 fully saturated rings. The molecule has 1 aromatic carbocycles. The van der Waals surface area contributed by atoms with Crippen molar-refractivity contribution in [1.29, 1.82) is 0 Å². The molecule has 0 aliphatic rings. The van der Waals surface area contributed by atoms with Crippen LogP contribution in [0.1, 0.15) is 103 Å². The van der Waals surface area contributed by atoms with E-state index in [-0.39, 0.29) is 6.42 Å². The highest BCUT2D eigenvalue weighted by molar-refractivity contribution is 7.86. The number of ether oxygens (including phenoxy) is 1. The third kappa shape index (κ3) is 9.92. The summed E-state index contributed by atoms with van der Waals surface area (Å²) in [5.74, 6) is 0.592. The van der Waals surface area contributed by atoms with E-state index in [0.29, 0.717) is 5.75 Å². The first-order chi connectivity index (χ1) is 13.4. The normalized spacial score (nSPS) is 12.9. The van der Waals surface area contributed by atoms with Crippen LogP contribution < -0.4 is 4.74 Å². The molecule has 0 heterocycles. The first-order valence-corrected chi connectivity index (χ1v) is 12.7. The van der Waals surface area contributed by atoms with Crippen LogP contribution in [0.25, 0.3) is 0 Å². The molecular formula is C23H40O4S. The topological polar surface area (TPSA) is 63.6 Å². The maximum Gasteiger partial charge on any atom is 0.303 e. The maximum absolute atomic E-state index is 11.5. The Bertz CT molecular complexity index is 640. The molecule has 1 N–H and O–H groups in total. The van der Waals surface area contributed by atoms with Gasteiger partial charge in [0.25, 0.3) is 0 Å². The monoisotopic (exact) mass is 412 g/mol. The van der Waals surface area contributed by atoms with Crippen molar-refractivity contribution in [2.24, 2.45) is 0 Å². The van der Waals surface area contributed by atoms with Crippen molar-refractivity contribution >= 4 is 10.1 Å². The Balaban J connectivity index is 2.81. The van der Waals surface area contributed by atoms with E-state index in [1.807, 2.05) is 12.1 Å². The summed E-state index contributed by atoms with van der Waals surface area (Å²) < 4.78 is 38.2. The lowest BCUT2D eigenvalue weighted by molar-refractivity contribution is 0.250. The van der Waals surface area contributed by atoms with Crippen molar-refractivity contribution in [3.05, 3.63) is 29.3 Å². The molecule has 0 saturated carbocycles. The minimum atomic E-state index is -4.22. The van der Waals surface area contributed by atoms with Gasteiger partial charge >= 0.3 is 10.1 Å². The van der Waals surface area contributed by atoms with Gasteiger partial charge in [-0.3, -0.25) is 4.55 Å². The second-order valence-corrected chi connectivity index (χ2v) is 9.30. The minimum Gasteiger partial charge on any atom is -0.472 e. The highest BCUT2D eigenvalue weighted by atomic mass is 32.2. The summed E-state index contributed by atoms with van der Waals surface area (Å²) in [6.45, 7) is 6.13. The Morgan fingerprint density at radius 1 is 0.857 bits per heavy atom. The van der Waals surface area contributed by atoms with Gasteiger partial charge in [0, 0.05) is 0 Å². The third-order valence-electron chi connectivity index (χ3n) is 5.17.